The number of carbonyl (C=O) groups excluding carboxylic acids is 2. The molecule has 2 rings (SSSR count). The van der Waals surface area contributed by atoms with Crippen LogP contribution in [0.2, 0.25) is 0 Å². The Morgan fingerprint density at radius 1 is 0.714 bits per heavy atom. The fourth-order valence-electron chi connectivity index (χ4n) is 4.94. The van der Waals surface area contributed by atoms with Crippen molar-refractivity contribution in [3.05, 3.63) is 0 Å². The second-order valence-electron chi connectivity index (χ2n) is 9.79. The minimum absolute atomic E-state index is 0.105. The van der Waals surface area contributed by atoms with Crippen LogP contribution in [-0.4, -0.2) is 24.1 Å². The zero-order chi connectivity index (χ0) is 20.8. The maximum atomic E-state index is 12.2. The Bertz CT molecular complexity index is 547. The lowest BCUT2D eigenvalue weighted by atomic mass is 9.75. The van der Waals surface area contributed by atoms with Gasteiger partial charge in [-0.15, -0.1) is 0 Å². The Morgan fingerprint density at radius 3 is 1.39 bits per heavy atom. The molecule has 0 heterocycles. The number of rotatable bonds is 4. The van der Waals surface area contributed by atoms with Gasteiger partial charge in [-0.1, -0.05) is 54.4 Å². The summed E-state index contributed by atoms with van der Waals surface area (Å²) in [5.74, 6) is 6.25. The third-order valence-corrected chi connectivity index (χ3v) is 6.71. The van der Waals surface area contributed by atoms with Gasteiger partial charge in [0.25, 0.3) is 0 Å². The highest BCUT2D eigenvalue weighted by molar-refractivity contribution is 5.98. The van der Waals surface area contributed by atoms with Gasteiger partial charge in [0, 0.05) is 11.8 Å². The summed E-state index contributed by atoms with van der Waals surface area (Å²) in [6.45, 7) is 13.1. The second-order valence-corrected chi connectivity index (χ2v) is 9.79. The summed E-state index contributed by atoms with van der Waals surface area (Å²) in [4.78, 5) is 24.4. The van der Waals surface area contributed by atoms with Crippen molar-refractivity contribution >= 4 is 11.9 Å². The van der Waals surface area contributed by atoms with Crippen LogP contribution in [0.1, 0.15) is 80.1 Å². The van der Waals surface area contributed by atoms with Crippen molar-refractivity contribution in [3.8, 4) is 11.8 Å². The molecule has 0 N–H and O–H groups in total. The van der Waals surface area contributed by atoms with Crippen molar-refractivity contribution in [2.24, 2.45) is 35.5 Å². The van der Waals surface area contributed by atoms with E-state index in [0.717, 1.165) is 25.7 Å². The van der Waals surface area contributed by atoms with Crippen LogP contribution in [0.4, 0.5) is 0 Å². The molecular formula is C24H38O4. The first-order valence-electron chi connectivity index (χ1n) is 11.1. The molecule has 0 bridgehead atoms. The van der Waals surface area contributed by atoms with Crippen LogP contribution in [0, 0.1) is 47.3 Å². The standard InChI is InChI=1S/C24H38O4/c1-15(2)19-9-7-17(5)13-21(19)27-23(25)11-12-24(26)28-22-14-18(6)8-10-20(22)16(3)4/h15-22H,7-10,13-14H2,1-6H3/t17-,18-,19-,20-,21-,22-/m1/s1. The Labute approximate surface area is 171 Å². The van der Waals surface area contributed by atoms with Gasteiger partial charge >= 0.3 is 11.9 Å². The van der Waals surface area contributed by atoms with E-state index < -0.39 is 11.9 Å². The lowest BCUT2D eigenvalue weighted by Gasteiger charge is -2.36. The molecule has 2 aliphatic carbocycles. The van der Waals surface area contributed by atoms with E-state index in [2.05, 4.69) is 53.4 Å². The molecule has 0 aromatic carbocycles. The first kappa shape index (κ1) is 22.8. The molecular weight excluding hydrogens is 352 g/mol. The van der Waals surface area contributed by atoms with Crippen LogP contribution in [0.5, 0.6) is 0 Å². The minimum atomic E-state index is -0.612. The molecule has 0 radical (unpaired) electrons. The van der Waals surface area contributed by atoms with Crippen LogP contribution in [-0.2, 0) is 19.1 Å². The topological polar surface area (TPSA) is 52.6 Å². The van der Waals surface area contributed by atoms with E-state index in [0.29, 0.717) is 35.5 Å². The summed E-state index contributed by atoms with van der Waals surface area (Å²) in [5, 5.41) is 0. The lowest BCUT2D eigenvalue weighted by molar-refractivity contribution is -0.150. The van der Waals surface area contributed by atoms with E-state index in [-0.39, 0.29) is 12.2 Å². The largest absolute Gasteiger partial charge is 0.452 e. The predicted molar refractivity (Wildman–Crippen MR) is 110 cm³/mol. The second kappa shape index (κ2) is 10.3. The summed E-state index contributed by atoms with van der Waals surface area (Å²) >= 11 is 0. The molecule has 2 fully saturated rings. The number of ether oxygens (including phenoxy) is 2. The fourth-order valence-corrected chi connectivity index (χ4v) is 4.94. The first-order chi connectivity index (χ1) is 13.2. The molecule has 2 saturated carbocycles. The molecule has 0 aromatic rings. The van der Waals surface area contributed by atoms with Crippen LogP contribution < -0.4 is 0 Å². The molecule has 0 aromatic heterocycles. The van der Waals surface area contributed by atoms with Gasteiger partial charge in [0.15, 0.2) is 0 Å². The maximum absolute atomic E-state index is 12.2. The van der Waals surface area contributed by atoms with Gasteiger partial charge in [-0.25, -0.2) is 9.59 Å². The van der Waals surface area contributed by atoms with E-state index in [9.17, 15) is 9.59 Å². The molecule has 2 aliphatic rings. The highest BCUT2D eigenvalue weighted by Gasteiger charge is 2.34. The third-order valence-electron chi connectivity index (χ3n) is 6.71. The van der Waals surface area contributed by atoms with Crippen LogP contribution in [0.3, 0.4) is 0 Å². The number of esters is 2. The molecule has 0 amide bonds. The molecule has 0 saturated heterocycles. The Kier molecular flexibility index (Phi) is 8.40. The molecule has 4 heteroatoms. The molecule has 4 nitrogen and oxygen atoms in total. The zero-order valence-corrected chi connectivity index (χ0v) is 18.5. The smallest absolute Gasteiger partial charge is 0.385 e. The van der Waals surface area contributed by atoms with E-state index in [4.69, 9.17) is 9.47 Å². The number of hydrogen-bond acceptors (Lipinski definition) is 4. The van der Waals surface area contributed by atoms with Crippen molar-refractivity contribution in [1.82, 2.24) is 0 Å². The van der Waals surface area contributed by atoms with Crippen LogP contribution in [0.25, 0.3) is 0 Å². The van der Waals surface area contributed by atoms with E-state index in [1.54, 1.807) is 0 Å². The van der Waals surface area contributed by atoms with E-state index in [1.807, 2.05) is 0 Å². The zero-order valence-electron chi connectivity index (χ0n) is 18.5. The Balaban J connectivity index is 1.92. The van der Waals surface area contributed by atoms with Gasteiger partial charge < -0.3 is 9.47 Å². The predicted octanol–water partition coefficient (Wildman–Crippen LogP) is 5.00. The summed E-state index contributed by atoms with van der Waals surface area (Å²) in [7, 11) is 0. The minimum Gasteiger partial charge on any atom is -0.452 e. The summed E-state index contributed by atoms with van der Waals surface area (Å²) < 4.78 is 11.3. The molecule has 6 atom stereocenters. The SMILES string of the molecule is CC(C)[C@H]1CC[C@@H](C)C[C@H]1OC(=O)C#CC(=O)O[C@@H]1C[C@H](C)CC[C@@H]1C(C)C. The van der Waals surface area contributed by atoms with Gasteiger partial charge in [-0.3, -0.25) is 0 Å². The Hall–Kier alpha value is -1.50. The van der Waals surface area contributed by atoms with Crippen molar-refractivity contribution in [1.29, 1.82) is 0 Å². The lowest BCUT2D eigenvalue weighted by Crippen LogP contribution is -2.36. The molecule has 0 unspecified atom stereocenters. The van der Waals surface area contributed by atoms with E-state index >= 15 is 0 Å². The van der Waals surface area contributed by atoms with Gasteiger partial charge in [0.05, 0.1) is 0 Å². The quantitative estimate of drug-likeness (QED) is 0.385. The highest BCUT2D eigenvalue weighted by Crippen LogP contribution is 2.36. The molecule has 158 valence electrons. The molecule has 0 spiro atoms. The summed E-state index contributed by atoms with van der Waals surface area (Å²) in [5.41, 5.74) is 0. The van der Waals surface area contributed by atoms with Gasteiger partial charge in [-0.2, -0.15) is 0 Å². The number of carbonyl (C=O) groups is 2. The van der Waals surface area contributed by atoms with Crippen molar-refractivity contribution in [2.75, 3.05) is 0 Å². The van der Waals surface area contributed by atoms with Crippen molar-refractivity contribution in [3.63, 3.8) is 0 Å². The molecule has 0 aliphatic heterocycles. The Morgan fingerprint density at radius 2 is 1.07 bits per heavy atom. The average Bonchev–Trinajstić information content (AvgIpc) is 2.59. The maximum Gasteiger partial charge on any atom is 0.385 e. The summed E-state index contributed by atoms with van der Waals surface area (Å²) in [6.07, 6.45) is 6.02. The van der Waals surface area contributed by atoms with E-state index in [1.165, 1.54) is 12.8 Å². The third kappa shape index (κ3) is 6.54. The average molecular weight is 391 g/mol. The number of hydrogen-bond donors (Lipinski definition) is 0. The normalized spacial score (nSPS) is 33.1. The van der Waals surface area contributed by atoms with Gasteiger partial charge in [0.2, 0.25) is 0 Å². The van der Waals surface area contributed by atoms with Crippen molar-refractivity contribution in [2.45, 2.75) is 92.3 Å². The van der Waals surface area contributed by atoms with Gasteiger partial charge in [-0.05, 0) is 61.2 Å². The highest BCUT2D eigenvalue weighted by atomic mass is 16.5. The first-order valence-corrected chi connectivity index (χ1v) is 11.1. The fraction of sp³-hybridized carbons (Fsp3) is 0.833. The summed E-state index contributed by atoms with van der Waals surface area (Å²) in [6, 6.07) is 0. The van der Waals surface area contributed by atoms with Gasteiger partial charge in [0.1, 0.15) is 12.2 Å². The van der Waals surface area contributed by atoms with Crippen LogP contribution in [0.15, 0.2) is 0 Å². The van der Waals surface area contributed by atoms with Crippen molar-refractivity contribution < 1.29 is 19.1 Å². The van der Waals surface area contributed by atoms with Crippen LogP contribution >= 0.6 is 0 Å². The molecule has 28 heavy (non-hydrogen) atoms. The monoisotopic (exact) mass is 390 g/mol.